The third kappa shape index (κ3) is 3.46. The summed E-state index contributed by atoms with van der Waals surface area (Å²) in [7, 11) is 0. The number of hydrogen-bond acceptors (Lipinski definition) is 2. The van der Waals surface area contributed by atoms with Gasteiger partial charge in [-0.15, -0.1) is 0 Å². The van der Waals surface area contributed by atoms with E-state index in [-0.39, 0.29) is 11.8 Å². The van der Waals surface area contributed by atoms with Crippen LogP contribution in [0.1, 0.15) is 33.6 Å². The summed E-state index contributed by atoms with van der Waals surface area (Å²) < 4.78 is 36.3. The number of aliphatic hydroxyl groups is 2. The molecule has 0 saturated heterocycles. The van der Waals surface area contributed by atoms with E-state index in [1.807, 2.05) is 0 Å². The Morgan fingerprint density at radius 3 is 1.79 bits per heavy atom. The van der Waals surface area contributed by atoms with Crippen molar-refractivity contribution in [1.29, 1.82) is 0 Å². The maximum absolute atomic E-state index is 12.1. The standard InChI is InChI=1S/C9H17F3O2/c1-4-7(6(2)3)5-8(13,14)9(10,11)12/h6-7,13-14H,4-5H2,1-3H3. The van der Waals surface area contributed by atoms with E-state index in [0.29, 0.717) is 6.42 Å². The molecule has 0 aromatic rings. The fraction of sp³-hybridized carbons (Fsp3) is 1.00. The Labute approximate surface area is 81.7 Å². The molecular formula is C9H17F3O2. The van der Waals surface area contributed by atoms with E-state index in [1.54, 1.807) is 20.8 Å². The van der Waals surface area contributed by atoms with E-state index in [9.17, 15) is 13.2 Å². The van der Waals surface area contributed by atoms with E-state index < -0.39 is 18.4 Å². The molecule has 1 unspecified atom stereocenters. The predicted molar refractivity (Wildman–Crippen MR) is 46.5 cm³/mol. The molecule has 0 aromatic carbocycles. The highest BCUT2D eigenvalue weighted by Gasteiger charge is 2.53. The van der Waals surface area contributed by atoms with E-state index in [1.165, 1.54) is 0 Å². The topological polar surface area (TPSA) is 40.5 Å². The van der Waals surface area contributed by atoms with E-state index in [4.69, 9.17) is 10.2 Å². The summed E-state index contributed by atoms with van der Waals surface area (Å²) in [6, 6.07) is 0. The highest BCUT2D eigenvalue weighted by Crippen LogP contribution is 2.35. The third-order valence-corrected chi connectivity index (χ3v) is 2.47. The highest BCUT2D eigenvalue weighted by atomic mass is 19.4. The molecule has 0 amide bonds. The van der Waals surface area contributed by atoms with Crippen molar-refractivity contribution < 1.29 is 23.4 Å². The molecule has 5 heteroatoms. The van der Waals surface area contributed by atoms with Crippen molar-refractivity contribution in [3.63, 3.8) is 0 Å². The molecule has 0 heterocycles. The molecule has 2 N–H and O–H groups in total. The number of halogens is 3. The molecule has 0 rings (SSSR count). The summed E-state index contributed by atoms with van der Waals surface area (Å²) in [6.45, 7) is 5.26. The van der Waals surface area contributed by atoms with Gasteiger partial charge in [0.15, 0.2) is 0 Å². The molecule has 0 bridgehead atoms. The minimum atomic E-state index is -4.98. The van der Waals surface area contributed by atoms with Crippen molar-refractivity contribution >= 4 is 0 Å². The molecular weight excluding hydrogens is 197 g/mol. The van der Waals surface area contributed by atoms with Crippen LogP contribution in [-0.2, 0) is 0 Å². The van der Waals surface area contributed by atoms with Crippen LogP contribution in [0.4, 0.5) is 13.2 Å². The Balaban J connectivity index is 4.48. The van der Waals surface area contributed by atoms with Gasteiger partial charge in [0.1, 0.15) is 0 Å². The fourth-order valence-electron chi connectivity index (χ4n) is 1.33. The molecule has 0 aliphatic rings. The molecule has 0 aliphatic carbocycles. The van der Waals surface area contributed by atoms with Crippen LogP contribution in [0.25, 0.3) is 0 Å². The second-order valence-electron chi connectivity index (χ2n) is 3.93. The zero-order chi connectivity index (χ0) is 11.6. The van der Waals surface area contributed by atoms with Gasteiger partial charge in [0.2, 0.25) is 0 Å². The Morgan fingerprint density at radius 1 is 1.14 bits per heavy atom. The zero-order valence-electron chi connectivity index (χ0n) is 8.60. The fourth-order valence-corrected chi connectivity index (χ4v) is 1.33. The molecule has 0 spiro atoms. The van der Waals surface area contributed by atoms with Crippen LogP contribution in [0.5, 0.6) is 0 Å². The minimum absolute atomic E-state index is 0.000949. The van der Waals surface area contributed by atoms with Crippen LogP contribution < -0.4 is 0 Å². The lowest BCUT2D eigenvalue weighted by Crippen LogP contribution is -2.46. The maximum Gasteiger partial charge on any atom is 0.442 e. The summed E-state index contributed by atoms with van der Waals surface area (Å²) in [4.78, 5) is 0. The molecule has 0 aliphatic heterocycles. The molecule has 14 heavy (non-hydrogen) atoms. The lowest BCUT2D eigenvalue weighted by molar-refractivity contribution is -0.355. The van der Waals surface area contributed by atoms with Crippen LogP contribution in [-0.4, -0.2) is 22.2 Å². The van der Waals surface area contributed by atoms with Gasteiger partial charge in [0.05, 0.1) is 0 Å². The second-order valence-corrected chi connectivity index (χ2v) is 3.93. The first-order chi connectivity index (χ1) is 6.12. The minimum Gasteiger partial charge on any atom is -0.359 e. The first-order valence-electron chi connectivity index (χ1n) is 4.63. The number of alkyl halides is 3. The first kappa shape index (κ1) is 13.7. The highest BCUT2D eigenvalue weighted by molar-refractivity contribution is 4.78. The Hall–Kier alpha value is -0.290. The number of rotatable bonds is 4. The van der Waals surface area contributed by atoms with E-state index in [2.05, 4.69) is 0 Å². The van der Waals surface area contributed by atoms with Crippen molar-refractivity contribution in [2.75, 3.05) is 0 Å². The van der Waals surface area contributed by atoms with Crippen molar-refractivity contribution in [3.8, 4) is 0 Å². The van der Waals surface area contributed by atoms with Gasteiger partial charge in [-0.25, -0.2) is 0 Å². The summed E-state index contributed by atoms with van der Waals surface area (Å²) in [5, 5.41) is 17.7. The lowest BCUT2D eigenvalue weighted by Gasteiger charge is -2.30. The molecule has 1 atom stereocenters. The molecule has 0 fully saturated rings. The van der Waals surface area contributed by atoms with Gasteiger partial charge >= 0.3 is 6.18 Å². The maximum atomic E-state index is 12.1. The largest absolute Gasteiger partial charge is 0.442 e. The Bertz CT molecular complexity index is 175. The molecule has 86 valence electrons. The second kappa shape index (κ2) is 4.49. The average Bonchev–Trinajstić information content (AvgIpc) is 1.97. The Kier molecular flexibility index (Phi) is 4.39. The quantitative estimate of drug-likeness (QED) is 0.705. The van der Waals surface area contributed by atoms with Gasteiger partial charge in [0.25, 0.3) is 5.79 Å². The van der Waals surface area contributed by atoms with Crippen LogP contribution in [0, 0.1) is 11.8 Å². The van der Waals surface area contributed by atoms with Gasteiger partial charge in [0, 0.05) is 6.42 Å². The third-order valence-electron chi connectivity index (χ3n) is 2.47. The van der Waals surface area contributed by atoms with Gasteiger partial charge in [-0.3, -0.25) is 0 Å². The SMILES string of the molecule is CCC(CC(O)(O)C(F)(F)F)C(C)C. The lowest BCUT2D eigenvalue weighted by atomic mass is 9.86. The van der Waals surface area contributed by atoms with Crippen molar-refractivity contribution in [1.82, 2.24) is 0 Å². The molecule has 0 aromatic heterocycles. The van der Waals surface area contributed by atoms with Crippen LogP contribution in [0.15, 0.2) is 0 Å². The first-order valence-corrected chi connectivity index (χ1v) is 4.63. The van der Waals surface area contributed by atoms with E-state index >= 15 is 0 Å². The van der Waals surface area contributed by atoms with Gasteiger partial charge in [-0.05, 0) is 11.8 Å². The Morgan fingerprint density at radius 2 is 1.57 bits per heavy atom. The van der Waals surface area contributed by atoms with Crippen molar-refractivity contribution in [3.05, 3.63) is 0 Å². The zero-order valence-corrected chi connectivity index (χ0v) is 8.60. The molecule has 2 nitrogen and oxygen atoms in total. The van der Waals surface area contributed by atoms with Gasteiger partial charge in [-0.1, -0.05) is 27.2 Å². The van der Waals surface area contributed by atoms with Crippen molar-refractivity contribution in [2.24, 2.45) is 11.8 Å². The van der Waals surface area contributed by atoms with Crippen LogP contribution in [0.3, 0.4) is 0 Å². The molecule has 0 radical (unpaired) electrons. The summed E-state index contributed by atoms with van der Waals surface area (Å²) in [5.41, 5.74) is 0. The van der Waals surface area contributed by atoms with Gasteiger partial charge in [-0.2, -0.15) is 13.2 Å². The summed E-state index contributed by atoms with van der Waals surface area (Å²) in [5.74, 6) is -3.90. The van der Waals surface area contributed by atoms with Crippen LogP contribution in [0.2, 0.25) is 0 Å². The van der Waals surface area contributed by atoms with E-state index in [0.717, 1.165) is 0 Å². The normalized spacial score (nSPS) is 16.1. The van der Waals surface area contributed by atoms with Crippen molar-refractivity contribution in [2.45, 2.75) is 45.6 Å². The number of hydrogen-bond donors (Lipinski definition) is 2. The predicted octanol–water partition coefficient (Wildman–Crippen LogP) is 2.30. The molecule has 0 saturated carbocycles. The summed E-state index contributed by atoms with van der Waals surface area (Å²) in [6.07, 6.45) is -5.14. The monoisotopic (exact) mass is 214 g/mol. The van der Waals surface area contributed by atoms with Crippen LogP contribution >= 0.6 is 0 Å². The smallest absolute Gasteiger partial charge is 0.359 e. The van der Waals surface area contributed by atoms with Gasteiger partial charge < -0.3 is 10.2 Å². The average molecular weight is 214 g/mol. The summed E-state index contributed by atoms with van der Waals surface area (Å²) >= 11 is 0.